The summed E-state index contributed by atoms with van der Waals surface area (Å²) in [5.41, 5.74) is 7.69. The number of nitrogens with one attached hydrogen (secondary N) is 1. The fourth-order valence-corrected chi connectivity index (χ4v) is 3.16. The van der Waals surface area contributed by atoms with Gasteiger partial charge in [0, 0.05) is 30.3 Å². The van der Waals surface area contributed by atoms with E-state index >= 15 is 0 Å². The van der Waals surface area contributed by atoms with Gasteiger partial charge in [-0.05, 0) is 43.2 Å². The average Bonchev–Trinajstić information content (AvgIpc) is 2.68. The minimum Gasteiger partial charge on any atom is -0.495 e. The van der Waals surface area contributed by atoms with Crippen molar-refractivity contribution >= 4 is 35.6 Å². The smallest absolute Gasteiger partial charge is 0.253 e. The zero-order chi connectivity index (χ0) is 18.5. The number of ether oxygens (including phenoxy) is 1. The number of halogens is 1. The van der Waals surface area contributed by atoms with Crippen molar-refractivity contribution in [3.8, 4) is 5.75 Å². The number of benzene rings is 2. The highest BCUT2D eigenvalue weighted by molar-refractivity contribution is 5.95. The molecule has 1 aliphatic rings. The molecule has 2 aromatic carbocycles. The van der Waals surface area contributed by atoms with Crippen molar-refractivity contribution in [2.75, 3.05) is 31.2 Å². The van der Waals surface area contributed by atoms with Crippen molar-refractivity contribution in [1.29, 1.82) is 0 Å². The Morgan fingerprint density at radius 1 is 1.11 bits per heavy atom. The Morgan fingerprint density at radius 2 is 1.78 bits per heavy atom. The highest BCUT2D eigenvalue weighted by Gasteiger charge is 2.27. The van der Waals surface area contributed by atoms with Gasteiger partial charge >= 0.3 is 0 Å². The molecule has 0 aromatic heterocycles. The third-order valence-electron chi connectivity index (χ3n) is 4.67. The van der Waals surface area contributed by atoms with Crippen LogP contribution < -0.4 is 15.8 Å². The Balaban J connectivity index is 0.00000261. The fraction of sp³-hybridized carbons (Fsp3) is 0.300. The molecular weight excluding hydrogens is 366 g/mol. The molecule has 27 heavy (non-hydrogen) atoms. The lowest BCUT2D eigenvalue weighted by molar-refractivity contribution is -0.121. The maximum absolute atomic E-state index is 12.5. The van der Waals surface area contributed by atoms with Gasteiger partial charge in [0.2, 0.25) is 5.91 Å². The Bertz CT molecular complexity index is 790. The molecular formula is C20H24ClN3O3. The van der Waals surface area contributed by atoms with Gasteiger partial charge in [0.15, 0.2) is 0 Å². The number of piperidine rings is 1. The molecule has 0 radical (unpaired) electrons. The van der Waals surface area contributed by atoms with Gasteiger partial charge in [-0.25, -0.2) is 0 Å². The quantitative estimate of drug-likeness (QED) is 0.786. The van der Waals surface area contributed by atoms with E-state index in [4.69, 9.17) is 10.5 Å². The molecule has 0 atom stereocenters. The molecule has 0 aliphatic carbocycles. The predicted octanol–water partition coefficient (Wildman–Crippen LogP) is 3.19. The normalized spacial score (nSPS) is 14.2. The van der Waals surface area contributed by atoms with E-state index in [1.165, 1.54) is 0 Å². The molecule has 6 nitrogen and oxygen atoms in total. The lowest BCUT2D eigenvalue weighted by Gasteiger charge is -2.31. The molecule has 2 amide bonds. The van der Waals surface area contributed by atoms with Gasteiger partial charge < -0.3 is 20.7 Å². The van der Waals surface area contributed by atoms with Crippen LogP contribution in [0.2, 0.25) is 0 Å². The van der Waals surface area contributed by atoms with Crippen LogP contribution in [-0.4, -0.2) is 36.9 Å². The van der Waals surface area contributed by atoms with Gasteiger partial charge in [-0.1, -0.05) is 18.2 Å². The summed E-state index contributed by atoms with van der Waals surface area (Å²) in [6.45, 7) is 1.16. The first kappa shape index (κ1) is 20.6. The van der Waals surface area contributed by atoms with Crippen LogP contribution in [0.1, 0.15) is 23.2 Å². The van der Waals surface area contributed by atoms with E-state index in [-0.39, 0.29) is 30.1 Å². The highest BCUT2D eigenvalue weighted by atomic mass is 35.5. The summed E-state index contributed by atoms with van der Waals surface area (Å²) < 4.78 is 5.12. The van der Waals surface area contributed by atoms with Gasteiger partial charge in [0.05, 0.1) is 12.8 Å². The molecule has 1 heterocycles. The fourth-order valence-electron chi connectivity index (χ4n) is 3.16. The second kappa shape index (κ2) is 9.28. The summed E-state index contributed by atoms with van der Waals surface area (Å²) in [7, 11) is 1.55. The van der Waals surface area contributed by atoms with Gasteiger partial charge in [-0.15, -0.1) is 12.4 Å². The number of hydrogen-bond acceptors (Lipinski definition) is 4. The number of carbonyl (C=O) groups is 2. The van der Waals surface area contributed by atoms with Crippen molar-refractivity contribution in [3.63, 3.8) is 0 Å². The van der Waals surface area contributed by atoms with E-state index in [0.29, 0.717) is 48.6 Å². The van der Waals surface area contributed by atoms with E-state index in [2.05, 4.69) is 5.32 Å². The Labute approximate surface area is 165 Å². The lowest BCUT2D eigenvalue weighted by atomic mass is 9.95. The topological polar surface area (TPSA) is 84.7 Å². The van der Waals surface area contributed by atoms with Crippen LogP contribution in [0.4, 0.5) is 11.4 Å². The molecule has 3 N–H and O–H groups in total. The summed E-state index contributed by atoms with van der Waals surface area (Å²) in [4.78, 5) is 26.8. The third kappa shape index (κ3) is 4.92. The molecule has 0 saturated carbocycles. The molecule has 0 bridgehead atoms. The minimum absolute atomic E-state index is 0. The minimum atomic E-state index is -0.113. The van der Waals surface area contributed by atoms with E-state index in [9.17, 15) is 9.59 Å². The number of carbonyl (C=O) groups excluding carboxylic acids is 2. The van der Waals surface area contributed by atoms with Crippen LogP contribution in [0.5, 0.6) is 5.75 Å². The molecule has 2 aromatic rings. The largest absolute Gasteiger partial charge is 0.495 e. The number of nitrogens with two attached hydrogens (primary N) is 1. The molecule has 0 unspecified atom stereocenters. The first-order valence-electron chi connectivity index (χ1n) is 8.67. The van der Waals surface area contributed by atoms with E-state index in [1.807, 2.05) is 35.2 Å². The van der Waals surface area contributed by atoms with E-state index in [0.717, 1.165) is 0 Å². The summed E-state index contributed by atoms with van der Waals surface area (Å²) in [5.74, 6) is 0.447. The van der Waals surface area contributed by atoms with Crippen molar-refractivity contribution in [1.82, 2.24) is 4.90 Å². The van der Waals surface area contributed by atoms with Crippen LogP contribution >= 0.6 is 12.4 Å². The zero-order valence-electron chi connectivity index (χ0n) is 15.2. The lowest BCUT2D eigenvalue weighted by Crippen LogP contribution is -2.41. The Morgan fingerprint density at radius 3 is 2.37 bits per heavy atom. The standard InChI is InChI=1S/C20H23N3O3.ClH/c1-26-18-8-7-16(13-17(18)21)22-19(24)14-9-11-23(12-10-14)20(25)15-5-3-2-4-6-15;/h2-8,13-14H,9-12,21H2,1H3,(H,22,24);1H. The molecule has 3 rings (SSSR count). The summed E-state index contributed by atoms with van der Waals surface area (Å²) in [6.07, 6.45) is 1.30. The SMILES string of the molecule is COc1ccc(NC(=O)C2CCN(C(=O)c3ccccc3)CC2)cc1N.Cl. The number of amides is 2. The van der Waals surface area contributed by atoms with Crippen molar-refractivity contribution in [2.45, 2.75) is 12.8 Å². The Hall–Kier alpha value is -2.73. The first-order chi connectivity index (χ1) is 12.6. The van der Waals surface area contributed by atoms with E-state index < -0.39 is 0 Å². The molecule has 144 valence electrons. The average molecular weight is 390 g/mol. The first-order valence-corrected chi connectivity index (χ1v) is 8.67. The number of nitrogens with zero attached hydrogens (tertiary/aromatic N) is 1. The maximum Gasteiger partial charge on any atom is 0.253 e. The predicted molar refractivity (Wildman–Crippen MR) is 108 cm³/mol. The third-order valence-corrected chi connectivity index (χ3v) is 4.67. The van der Waals surface area contributed by atoms with Crippen molar-refractivity contribution < 1.29 is 14.3 Å². The van der Waals surface area contributed by atoms with E-state index in [1.54, 1.807) is 25.3 Å². The highest BCUT2D eigenvalue weighted by Crippen LogP contribution is 2.26. The van der Waals surface area contributed by atoms with Gasteiger partial charge in [0.1, 0.15) is 5.75 Å². The van der Waals surface area contributed by atoms with Crippen LogP contribution in [-0.2, 0) is 4.79 Å². The second-order valence-electron chi connectivity index (χ2n) is 6.38. The molecule has 0 spiro atoms. The van der Waals surface area contributed by atoms with Crippen molar-refractivity contribution in [3.05, 3.63) is 54.1 Å². The number of hydrogen-bond donors (Lipinski definition) is 2. The summed E-state index contributed by atoms with van der Waals surface area (Å²) >= 11 is 0. The van der Waals surface area contributed by atoms with Gasteiger partial charge in [-0.3, -0.25) is 9.59 Å². The maximum atomic E-state index is 12.5. The monoisotopic (exact) mass is 389 g/mol. The number of likely N-dealkylation sites (tertiary alicyclic amines) is 1. The van der Waals surface area contributed by atoms with Crippen LogP contribution in [0, 0.1) is 5.92 Å². The molecule has 1 aliphatic heterocycles. The number of methoxy groups -OCH3 is 1. The second-order valence-corrected chi connectivity index (χ2v) is 6.38. The van der Waals surface area contributed by atoms with Crippen LogP contribution in [0.25, 0.3) is 0 Å². The van der Waals surface area contributed by atoms with Crippen LogP contribution in [0.15, 0.2) is 48.5 Å². The molecule has 1 fully saturated rings. The number of anilines is 2. The summed E-state index contributed by atoms with van der Waals surface area (Å²) in [5, 5.41) is 2.90. The number of nitrogen functional groups attached to an aromatic ring is 1. The Kier molecular flexibility index (Phi) is 7.07. The van der Waals surface area contributed by atoms with Crippen LogP contribution in [0.3, 0.4) is 0 Å². The van der Waals surface area contributed by atoms with Gasteiger partial charge in [-0.2, -0.15) is 0 Å². The van der Waals surface area contributed by atoms with Crippen molar-refractivity contribution in [2.24, 2.45) is 5.92 Å². The zero-order valence-corrected chi connectivity index (χ0v) is 16.0. The molecule has 7 heteroatoms. The van der Waals surface area contributed by atoms with Gasteiger partial charge in [0.25, 0.3) is 5.91 Å². The number of rotatable bonds is 4. The molecule has 1 saturated heterocycles. The summed E-state index contributed by atoms with van der Waals surface area (Å²) in [6, 6.07) is 14.4.